The summed E-state index contributed by atoms with van der Waals surface area (Å²) in [5.74, 6) is 0.665. The first-order valence-electron chi connectivity index (χ1n) is 6.10. The van der Waals surface area contributed by atoms with Crippen molar-refractivity contribution in [2.24, 2.45) is 0 Å². The minimum atomic E-state index is -0.288. The lowest BCUT2D eigenvalue weighted by Gasteiger charge is -2.11. The zero-order valence-corrected chi connectivity index (χ0v) is 13.0. The molecule has 1 heterocycles. The van der Waals surface area contributed by atoms with Crippen LogP contribution in [-0.2, 0) is 5.88 Å². The Morgan fingerprint density at radius 1 is 1.30 bits per heavy atom. The molecule has 0 bridgehead atoms. The fraction of sp³-hybridized carbons (Fsp3) is 0.133. The van der Waals surface area contributed by atoms with E-state index in [1.165, 1.54) is 12.1 Å². The number of alkyl halides is 1. The van der Waals surface area contributed by atoms with Gasteiger partial charge in [-0.15, -0.1) is 11.6 Å². The number of halogens is 3. The van der Waals surface area contributed by atoms with Crippen molar-refractivity contribution >= 4 is 38.6 Å². The number of hydrogen-bond acceptors (Lipinski definition) is 1. The Balaban J connectivity index is 2.39. The molecule has 0 atom stereocenters. The molecule has 2 nitrogen and oxygen atoms in total. The largest absolute Gasteiger partial charge is 0.294 e. The average molecular weight is 354 g/mol. The molecule has 0 N–H and O–H groups in total. The molecule has 5 heteroatoms. The minimum Gasteiger partial charge on any atom is -0.294 e. The maximum Gasteiger partial charge on any atom is 0.129 e. The van der Waals surface area contributed by atoms with Crippen molar-refractivity contribution in [2.45, 2.75) is 12.8 Å². The second-order valence-electron chi connectivity index (χ2n) is 4.54. The molecule has 0 aliphatic heterocycles. The second kappa shape index (κ2) is 5.19. The highest BCUT2D eigenvalue weighted by molar-refractivity contribution is 9.10. The Kier molecular flexibility index (Phi) is 3.52. The Hall–Kier alpha value is -1.39. The molecule has 102 valence electrons. The van der Waals surface area contributed by atoms with Gasteiger partial charge in [0.05, 0.1) is 22.6 Å². The summed E-state index contributed by atoms with van der Waals surface area (Å²) in [6.45, 7) is 2.01. The summed E-state index contributed by atoms with van der Waals surface area (Å²) in [6.07, 6.45) is 0. The number of imidazole rings is 1. The van der Waals surface area contributed by atoms with Gasteiger partial charge < -0.3 is 0 Å². The SMILES string of the molecule is Cc1cccc(-n2c(CCl)nc3ccc(F)cc32)c1Br. The third kappa shape index (κ3) is 2.13. The van der Waals surface area contributed by atoms with E-state index < -0.39 is 0 Å². The molecule has 3 aromatic rings. The van der Waals surface area contributed by atoms with Crippen molar-refractivity contribution in [1.29, 1.82) is 0 Å². The summed E-state index contributed by atoms with van der Waals surface area (Å²) in [5.41, 5.74) is 3.46. The van der Waals surface area contributed by atoms with Gasteiger partial charge >= 0.3 is 0 Å². The summed E-state index contributed by atoms with van der Waals surface area (Å²) in [5, 5.41) is 0. The highest BCUT2D eigenvalue weighted by Crippen LogP contribution is 2.30. The normalized spacial score (nSPS) is 11.2. The van der Waals surface area contributed by atoms with E-state index in [2.05, 4.69) is 20.9 Å². The summed E-state index contributed by atoms with van der Waals surface area (Å²) in [4.78, 5) is 4.46. The van der Waals surface area contributed by atoms with Crippen LogP contribution in [-0.4, -0.2) is 9.55 Å². The fourth-order valence-corrected chi connectivity index (χ4v) is 2.88. The molecule has 0 aliphatic rings. The number of aryl methyl sites for hydroxylation is 1. The lowest BCUT2D eigenvalue weighted by atomic mass is 10.2. The predicted molar refractivity (Wildman–Crippen MR) is 83.0 cm³/mol. The summed E-state index contributed by atoms with van der Waals surface area (Å²) in [6, 6.07) is 10.5. The molecule has 3 rings (SSSR count). The first kappa shape index (κ1) is 13.6. The van der Waals surface area contributed by atoms with Crippen molar-refractivity contribution < 1.29 is 4.39 Å². The molecule has 0 radical (unpaired) electrons. The zero-order valence-electron chi connectivity index (χ0n) is 10.7. The lowest BCUT2D eigenvalue weighted by molar-refractivity contribution is 0.629. The van der Waals surface area contributed by atoms with Crippen LogP contribution in [0.3, 0.4) is 0 Å². The molecule has 0 aliphatic carbocycles. The van der Waals surface area contributed by atoms with Gasteiger partial charge in [-0.2, -0.15) is 0 Å². The molecule has 0 spiro atoms. The van der Waals surface area contributed by atoms with Gasteiger partial charge in [0.2, 0.25) is 0 Å². The number of benzene rings is 2. The molecule has 0 unspecified atom stereocenters. The molecule has 0 fully saturated rings. The van der Waals surface area contributed by atoms with E-state index in [1.54, 1.807) is 6.07 Å². The van der Waals surface area contributed by atoms with Crippen LogP contribution in [0.15, 0.2) is 40.9 Å². The summed E-state index contributed by atoms with van der Waals surface area (Å²) in [7, 11) is 0. The Bertz CT molecular complexity index is 798. The average Bonchev–Trinajstić information content (AvgIpc) is 2.79. The number of nitrogens with zero attached hydrogens (tertiary/aromatic N) is 2. The van der Waals surface area contributed by atoms with Gasteiger partial charge in [0.15, 0.2) is 0 Å². The number of rotatable bonds is 2. The van der Waals surface area contributed by atoms with Crippen LogP contribution in [0.4, 0.5) is 4.39 Å². The highest BCUT2D eigenvalue weighted by atomic mass is 79.9. The maximum atomic E-state index is 13.5. The number of hydrogen-bond donors (Lipinski definition) is 0. The van der Waals surface area contributed by atoms with Gasteiger partial charge in [0, 0.05) is 10.5 Å². The monoisotopic (exact) mass is 352 g/mol. The minimum absolute atomic E-state index is 0.261. The van der Waals surface area contributed by atoms with Crippen LogP contribution in [0.1, 0.15) is 11.4 Å². The second-order valence-corrected chi connectivity index (χ2v) is 5.60. The van der Waals surface area contributed by atoms with Gasteiger partial charge in [-0.25, -0.2) is 9.37 Å². The highest BCUT2D eigenvalue weighted by Gasteiger charge is 2.15. The van der Waals surface area contributed by atoms with Gasteiger partial charge in [-0.1, -0.05) is 12.1 Å². The van der Waals surface area contributed by atoms with E-state index in [1.807, 2.05) is 29.7 Å². The van der Waals surface area contributed by atoms with Crippen molar-refractivity contribution in [3.05, 3.63) is 58.1 Å². The first-order valence-corrected chi connectivity index (χ1v) is 7.43. The van der Waals surface area contributed by atoms with E-state index in [-0.39, 0.29) is 11.7 Å². The quantitative estimate of drug-likeness (QED) is 0.594. The molecule has 0 amide bonds. The molecule has 20 heavy (non-hydrogen) atoms. The number of fused-ring (bicyclic) bond motifs is 1. The molecular weight excluding hydrogens is 343 g/mol. The van der Waals surface area contributed by atoms with Crippen molar-refractivity contribution in [1.82, 2.24) is 9.55 Å². The van der Waals surface area contributed by atoms with Crippen molar-refractivity contribution in [2.75, 3.05) is 0 Å². The van der Waals surface area contributed by atoms with Crippen LogP contribution in [0, 0.1) is 12.7 Å². The van der Waals surface area contributed by atoms with Crippen LogP contribution in [0.2, 0.25) is 0 Å². The lowest BCUT2D eigenvalue weighted by Crippen LogP contribution is -2.01. The van der Waals surface area contributed by atoms with Gasteiger partial charge in [-0.05, 0) is 46.6 Å². The first-order chi connectivity index (χ1) is 9.61. The fourth-order valence-electron chi connectivity index (χ4n) is 2.26. The van der Waals surface area contributed by atoms with Crippen molar-refractivity contribution in [3.8, 4) is 5.69 Å². The van der Waals surface area contributed by atoms with Crippen molar-refractivity contribution in [3.63, 3.8) is 0 Å². The van der Waals surface area contributed by atoms with E-state index in [9.17, 15) is 4.39 Å². The van der Waals surface area contributed by atoms with E-state index in [0.29, 0.717) is 11.3 Å². The van der Waals surface area contributed by atoms with E-state index in [0.717, 1.165) is 21.2 Å². The Morgan fingerprint density at radius 3 is 2.85 bits per heavy atom. The molecule has 1 aromatic heterocycles. The van der Waals surface area contributed by atoms with Crippen LogP contribution < -0.4 is 0 Å². The van der Waals surface area contributed by atoms with E-state index >= 15 is 0 Å². The summed E-state index contributed by atoms with van der Waals surface area (Å²) < 4.78 is 16.4. The van der Waals surface area contributed by atoms with Crippen LogP contribution in [0.5, 0.6) is 0 Å². The van der Waals surface area contributed by atoms with Gasteiger partial charge in [0.1, 0.15) is 11.6 Å². The van der Waals surface area contributed by atoms with Gasteiger partial charge in [0.25, 0.3) is 0 Å². The smallest absolute Gasteiger partial charge is 0.129 e. The van der Waals surface area contributed by atoms with Crippen LogP contribution >= 0.6 is 27.5 Å². The predicted octanol–water partition coefficient (Wildman–Crippen LogP) is 4.97. The number of aromatic nitrogens is 2. The zero-order chi connectivity index (χ0) is 14.3. The molecule has 0 saturated heterocycles. The third-order valence-electron chi connectivity index (χ3n) is 3.22. The van der Waals surface area contributed by atoms with E-state index in [4.69, 9.17) is 11.6 Å². The maximum absolute atomic E-state index is 13.5. The standard InChI is InChI=1S/C15H11BrClFN2/c1-9-3-2-4-12(15(9)16)20-13-7-10(18)5-6-11(13)19-14(20)8-17/h2-7H,8H2,1H3. The molecule has 0 saturated carbocycles. The third-order valence-corrected chi connectivity index (χ3v) is 4.49. The molecular formula is C15H11BrClFN2. The Morgan fingerprint density at radius 2 is 2.10 bits per heavy atom. The molecule has 2 aromatic carbocycles. The topological polar surface area (TPSA) is 17.8 Å². The Labute approximate surface area is 129 Å². The summed E-state index contributed by atoms with van der Waals surface area (Å²) >= 11 is 9.58. The van der Waals surface area contributed by atoms with Crippen LogP contribution in [0.25, 0.3) is 16.7 Å². The van der Waals surface area contributed by atoms with Gasteiger partial charge in [-0.3, -0.25) is 4.57 Å².